The van der Waals surface area contributed by atoms with Crippen molar-refractivity contribution in [3.8, 4) is 0 Å². The van der Waals surface area contributed by atoms with Crippen LogP contribution < -0.4 is 5.32 Å². The predicted molar refractivity (Wildman–Crippen MR) is 59.1 cm³/mol. The molecule has 0 saturated carbocycles. The Labute approximate surface area is 91.0 Å². The van der Waals surface area contributed by atoms with Gasteiger partial charge in [0.1, 0.15) is 0 Å². The fraction of sp³-hybridized carbons (Fsp3) is 0.900. The van der Waals surface area contributed by atoms with Crippen LogP contribution >= 0.6 is 0 Å². The lowest BCUT2D eigenvalue weighted by molar-refractivity contribution is -0.137. The number of rotatable bonds is 6. The van der Waals surface area contributed by atoms with Crippen LogP contribution in [0.2, 0.25) is 0 Å². The quantitative estimate of drug-likeness (QED) is 0.613. The third-order valence-corrected chi connectivity index (χ3v) is 2.71. The molecule has 0 aromatic rings. The number of piperazine rings is 1. The molecule has 1 heterocycles. The second kappa shape index (κ2) is 6.76. The molecule has 0 unspecified atom stereocenters. The molecule has 0 radical (unpaired) electrons. The zero-order valence-corrected chi connectivity index (χ0v) is 9.41. The van der Waals surface area contributed by atoms with Gasteiger partial charge < -0.3 is 15.3 Å². The van der Waals surface area contributed by atoms with E-state index >= 15 is 0 Å². The van der Waals surface area contributed by atoms with Crippen molar-refractivity contribution in [2.75, 3.05) is 52.9 Å². The van der Waals surface area contributed by atoms with Crippen molar-refractivity contribution in [1.82, 2.24) is 15.1 Å². The summed E-state index contributed by atoms with van der Waals surface area (Å²) in [7, 11) is 1.98. The van der Waals surface area contributed by atoms with Gasteiger partial charge >= 0.3 is 5.97 Å². The van der Waals surface area contributed by atoms with Crippen LogP contribution in [0, 0.1) is 0 Å². The lowest BCUT2D eigenvalue weighted by Gasteiger charge is -2.28. The number of carbonyl (C=O) groups is 1. The molecule has 0 atom stereocenters. The van der Waals surface area contributed by atoms with Crippen molar-refractivity contribution >= 4 is 5.97 Å². The van der Waals surface area contributed by atoms with Crippen molar-refractivity contribution in [3.05, 3.63) is 0 Å². The van der Waals surface area contributed by atoms with Crippen LogP contribution in [0.1, 0.15) is 6.42 Å². The summed E-state index contributed by atoms with van der Waals surface area (Å²) >= 11 is 0. The van der Waals surface area contributed by atoms with Crippen LogP contribution in [0.3, 0.4) is 0 Å². The van der Waals surface area contributed by atoms with E-state index < -0.39 is 5.97 Å². The Morgan fingerprint density at radius 3 is 2.67 bits per heavy atom. The van der Waals surface area contributed by atoms with Gasteiger partial charge in [0.15, 0.2) is 0 Å². The Hall–Kier alpha value is -0.650. The van der Waals surface area contributed by atoms with Crippen molar-refractivity contribution in [3.63, 3.8) is 0 Å². The van der Waals surface area contributed by atoms with Gasteiger partial charge in [-0.15, -0.1) is 0 Å². The number of aliphatic carboxylic acids is 1. The van der Waals surface area contributed by atoms with Gasteiger partial charge in [-0.3, -0.25) is 9.69 Å². The third kappa shape index (κ3) is 5.71. The molecule has 15 heavy (non-hydrogen) atoms. The third-order valence-electron chi connectivity index (χ3n) is 2.71. The summed E-state index contributed by atoms with van der Waals surface area (Å²) in [4.78, 5) is 14.9. The Balaban J connectivity index is 2.04. The average molecular weight is 215 g/mol. The maximum absolute atomic E-state index is 10.4. The minimum Gasteiger partial charge on any atom is -0.481 e. The fourth-order valence-corrected chi connectivity index (χ4v) is 1.65. The normalized spacial score (nSPS) is 18.3. The molecule has 1 saturated heterocycles. The monoisotopic (exact) mass is 215 g/mol. The number of nitrogens with zero attached hydrogens (tertiary/aromatic N) is 2. The van der Waals surface area contributed by atoms with Crippen LogP contribution in [-0.2, 0) is 4.79 Å². The van der Waals surface area contributed by atoms with E-state index in [4.69, 9.17) is 5.11 Å². The van der Waals surface area contributed by atoms with Gasteiger partial charge in [-0.05, 0) is 7.05 Å². The van der Waals surface area contributed by atoms with E-state index in [1.54, 1.807) is 0 Å². The maximum atomic E-state index is 10.4. The van der Waals surface area contributed by atoms with Crippen LogP contribution in [0.4, 0.5) is 0 Å². The minimum absolute atomic E-state index is 0.234. The average Bonchev–Trinajstić information content (AvgIpc) is 2.25. The molecule has 0 aromatic carbocycles. The molecular weight excluding hydrogens is 194 g/mol. The summed E-state index contributed by atoms with van der Waals surface area (Å²) in [5, 5.41) is 11.8. The highest BCUT2D eigenvalue weighted by molar-refractivity contribution is 5.66. The Kier molecular flexibility index (Phi) is 5.60. The number of likely N-dealkylation sites (N-methyl/N-ethyl adjacent to an activating group) is 1. The van der Waals surface area contributed by atoms with E-state index in [0.717, 1.165) is 39.3 Å². The van der Waals surface area contributed by atoms with Crippen LogP contribution in [0.15, 0.2) is 0 Å². The van der Waals surface area contributed by atoms with Gasteiger partial charge in [-0.25, -0.2) is 0 Å². The first-order chi connectivity index (χ1) is 7.18. The van der Waals surface area contributed by atoms with Crippen LogP contribution in [0.25, 0.3) is 0 Å². The Bertz CT molecular complexity index is 193. The maximum Gasteiger partial charge on any atom is 0.304 e. The molecule has 1 rings (SSSR count). The lowest BCUT2D eigenvalue weighted by atomic mass is 10.3. The molecule has 1 aliphatic rings. The summed E-state index contributed by atoms with van der Waals surface area (Å²) in [5.74, 6) is -0.718. The first-order valence-electron chi connectivity index (χ1n) is 5.52. The molecule has 5 heteroatoms. The molecule has 1 aliphatic heterocycles. The van der Waals surface area contributed by atoms with E-state index in [-0.39, 0.29) is 6.42 Å². The molecule has 0 bridgehead atoms. The Morgan fingerprint density at radius 2 is 2.07 bits per heavy atom. The summed E-state index contributed by atoms with van der Waals surface area (Å²) in [6.07, 6.45) is 0.234. The van der Waals surface area contributed by atoms with Crippen molar-refractivity contribution in [2.45, 2.75) is 6.42 Å². The van der Waals surface area contributed by atoms with Gasteiger partial charge in [0, 0.05) is 45.8 Å². The summed E-state index contributed by atoms with van der Waals surface area (Å²) in [6.45, 7) is 6.98. The van der Waals surface area contributed by atoms with Crippen molar-refractivity contribution in [1.29, 1.82) is 0 Å². The molecule has 88 valence electrons. The Morgan fingerprint density at radius 1 is 1.40 bits per heavy atom. The highest BCUT2D eigenvalue weighted by atomic mass is 16.4. The molecule has 2 N–H and O–H groups in total. The fourth-order valence-electron chi connectivity index (χ4n) is 1.65. The lowest BCUT2D eigenvalue weighted by Crippen LogP contribution is -2.46. The molecule has 0 spiro atoms. The van der Waals surface area contributed by atoms with Gasteiger partial charge in [0.05, 0.1) is 6.42 Å². The van der Waals surface area contributed by atoms with E-state index in [0.29, 0.717) is 6.54 Å². The van der Waals surface area contributed by atoms with Crippen LogP contribution in [0.5, 0.6) is 0 Å². The smallest absolute Gasteiger partial charge is 0.304 e. The van der Waals surface area contributed by atoms with E-state index in [9.17, 15) is 4.79 Å². The summed E-state index contributed by atoms with van der Waals surface area (Å²) in [5.41, 5.74) is 0. The number of nitrogens with one attached hydrogen (secondary N) is 1. The van der Waals surface area contributed by atoms with Crippen molar-refractivity contribution < 1.29 is 9.90 Å². The predicted octanol–water partition coefficient (Wildman–Crippen LogP) is -0.702. The standard InChI is InChI=1S/C10H21N3O2/c1-12(5-2-10(14)15)8-9-13-6-3-11-4-7-13/h11H,2-9H2,1H3,(H,14,15). The second-order valence-corrected chi connectivity index (χ2v) is 4.04. The van der Waals surface area contributed by atoms with Crippen molar-refractivity contribution in [2.24, 2.45) is 0 Å². The summed E-state index contributed by atoms with van der Waals surface area (Å²) < 4.78 is 0. The largest absolute Gasteiger partial charge is 0.481 e. The highest BCUT2D eigenvalue weighted by Gasteiger charge is 2.10. The van der Waals surface area contributed by atoms with Crippen LogP contribution in [-0.4, -0.2) is 73.7 Å². The van der Waals surface area contributed by atoms with Gasteiger partial charge in [-0.1, -0.05) is 0 Å². The number of carboxylic acid groups (broad SMARTS) is 1. The molecular formula is C10H21N3O2. The first kappa shape index (κ1) is 12.4. The molecule has 5 nitrogen and oxygen atoms in total. The van der Waals surface area contributed by atoms with E-state index in [2.05, 4.69) is 15.1 Å². The highest BCUT2D eigenvalue weighted by Crippen LogP contribution is 1.94. The molecule has 1 fully saturated rings. The van der Waals surface area contributed by atoms with E-state index in [1.165, 1.54) is 0 Å². The zero-order chi connectivity index (χ0) is 11.1. The zero-order valence-electron chi connectivity index (χ0n) is 9.41. The van der Waals surface area contributed by atoms with Gasteiger partial charge in [0.25, 0.3) is 0 Å². The summed E-state index contributed by atoms with van der Waals surface area (Å²) in [6, 6.07) is 0. The van der Waals surface area contributed by atoms with Gasteiger partial charge in [-0.2, -0.15) is 0 Å². The minimum atomic E-state index is -0.718. The number of hydrogen-bond acceptors (Lipinski definition) is 4. The molecule has 0 amide bonds. The topological polar surface area (TPSA) is 55.8 Å². The van der Waals surface area contributed by atoms with E-state index in [1.807, 2.05) is 7.05 Å². The molecule has 0 aliphatic carbocycles. The number of carboxylic acids is 1. The first-order valence-corrected chi connectivity index (χ1v) is 5.52. The second-order valence-electron chi connectivity index (χ2n) is 4.04. The van der Waals surface area contributed by atoms with Gasteiger partial charge in [0.2, 0.25) is 0 Å². The molecule has 0 aromatic heterocycles. The number of hydrogen-bond donors (Lipinski definition) is 2. The SMILES string of the molecule is CN(CCC(=O)O)CCN1CCNCC1.